The molecule has 1 N–H and O–H groups in total. The van der Waals surface area contributed by atoms with Crippen LogP contribution in [0.3, 0.4) is 0 Å². The lowest BCUT2D eigenvalue weighted by Gasteiger charge is -2.05. The van der Waals surface area contributed by atoms with Crippen molar-refractivity contribution in [1.29, 1.82) is 0 Å². The molecule has 1 amide bonds. The summed E-state index contributed by atoms with van der Waals surface area (Å²) in [5.41, 5.74) is 0. The van der Waals surface area contributed by atoms with Crippen LogP contribution in [-0.2, 0) is 14.4 Å². The minimum atomic E-state index is -0.134. The first-order chi connectivity index (χ1) is 8.47. The van der Waals surface area contributed by atoms with Gasteiger partial charge in [-0.15, -0.1) is 0 Å². The summed E-state index contributed by atoms with van der Waals surface area (Å²) < 4.78 is 0. The van der Waals surface area contributed by atoms with Crippen LogP contribution in [0.25, 0.3) is 0 Å². The lowest BCUT2D eigenvalue weighted by atomic mass is 10.0. The van der Waals surface area contributed by atoms with Crippen molar-refractivity contribution in [3.05, 3.63) is 12.2 Å². The third-order valence-electron chi connectivity index (χ3n) is 2.52. The van der Waals surface area contributed by atoms with Gasteiger partial charge >= 0.3 is 0 Å². The number of hydrogen-bond acceptors (Lipinski definition) is 3. The number of ketones is 2. The Hall–Kier alpha value is -1.45. The predicted octanol–water partition coefficient (Wildman–Crippen LogP) is 2.03. The van der Waals surface area contributed by atoms with E-state index in [1.807, 2.05) is 13.8 Å². The van der Waals surface area contributed by atoms with Crippen LogP contribution in [0.2, 0.25) is 0 Å². The fraction of sp³-hybridized carbons (Fsp3) is 0.643. The maximum atomic E-state index is 11.4. The minimum Gasteiger partial charge on any atom is -0.356 e. The van der Waals surface area contributed by atoms with Crippen LogP contribution in [0.4, 0.5) is 0 Å². The maximum absolute atomic E-state index is 11.4. The van der Waals surface area contributed by atoms with Crippen LogP contribution in [0.15, 0.2) is 12.2 Å². The standard InChI is InChI=1S/C14H23NO3/c1-4-6-12(16)8-9-14(18)15-10-5-7-13(17)11(2)3/h4,6,11H,5,7-10H2,1-3H3,(H,15,18)/b6-4+. The molecule has 0 saturated carbocycles. The smallest absolute Gasteiger partial charge is 0.220 e. The van der Waals surface area contributed by atoms with Gasteiger partial charge in [-0.1, -0.05) is 19.9 Å². The molecule has 0 unspecified atom stereocenters. The summed E-state index contributed by atoms with van der Waals surface area (Å²) in [6, 6.07) is 0. The number of hydrogen-bond donors (Lipinski definition) is 1. The normalized spacial score (nSPS) is 10.9. The zero-order valence-electron chi connectivity index (χ0n) is 11.5. The Morgan fingerprint density at radius 3 is 2.33 bits per heavy atom. The topological polar surface area (TPSA) is 63.2 Å². The molecule has 0 aliphatic heterocycles. The number of Topliss-reactive ketones (excluding diaryl/α,β-unsaturated/α-hetero) is 1. The van der Waals surface area contributed by atoms with Gasteiger partial charge in [-0.05, 0) is 19.4 Å². The van der Waals surface area contributed by atoms with E-state index >= 15 is 0 Å². The molecule has 0 fully saturated rings. The summed E-state index contributed by atoms with van der Waals surface area (Å²) in [4.78, 5) is 33.8. The SMILES string of the molecule is C/C=C/C(=O)CCC(=O)NCCCC(=O)C(C)C. The number of carbonyl (C=O) groups excluding carboxylic acids is 3. The largest absolute Gasteiger partial charge is 0.356 e. The molecular weight excluding hydrogens is 230 g/mol. The number of nitrogens with one attached hydrogen (secondary N) is 1. The zero-order valence-corrected chi connectivity index (χ0v) is 11.5. The van der Waals surface area contributed by atoms with Crippen LogP contribution >= 0.6 is 0 Å². The lowest BCUT2D eigenvalue weighted by Crippen LogP contribution is -2.25. The first-order valence-electron chi connectivity index (χ1n) is 6.42. The van der Waals surface area contributed by atoms with Gasteiger partial charge in [0.25, 0.3) is 0 Å². The highest BCUT2D eigenvalue weighted by atomic mass is 16.2. The fourth-order valence-electron chi connectivity index (χ4n) is 1.37. The van der Waals surface area contributed by atoms with Gasteiger partial charge in [0.2, 0.25) is 5.91 Å². The Labute approximate surface area is 109 Å². The highest BCUT2D eigenvalue weighted by molar-refractivity contribution is 5.92. The molecule has 4 nitrogen and oxygen atoms in total. The molecule has 0 aromatic carbocycles. The van der Waals surface area contributed by atoms with Crippen molar-refractivity contribution < 1.29 is 14.4 Å². The second-order valence-corrected chi connectivity index (χ2v) is 4.54. The summed E-state index contributed by atoms with van der Waals surface area (Å²) in [5, 5.41) is 2.71. The van der Waals surface area contributed by atoms with E-state index in [9.17, 15) is 14.4 Å². The van der Waals surface area contributed by atoms with E-state index in [0.29, 0.717) is 19.4 Å². The van der Waals surface area contributed by atoms with Crippen molar-refractivity contribution in [2.75, 3.05) is 6.54 Å². The van der Waals surface area contributed by atoms with Crippen molar-refractivity contribution in [2.24, 2.45) is 5.92 Å². The van der Waals surface area contributed by atoms with Gasteiger partial charge in [0.05, 0.1) is 0 Å². The number of rotatable bonds is 9. The molecule has 4 heteroatoms. The van der Waals surface area contributed by atoms with Crippen molar-refractivity contribution >= 4 is 17.5 Å². The molecule has 102 valence electrons. The number of carbonyl (C=O) groups is 3. The van der Waals surface area contributed by atoms with Gasteiger partial charge in [-0.25, -0.2) is 0 Å². The summed E-state index contributed by atoms with van der Waals surface area (Å²) >= 11 is 0. The number of amides is 1. The first-order valence-corrected chi connectivity index (χ1v) is 6.42. The maximum Gasteiger partial charge on any atom is 0.220 e. The Balaban J connectivity index is 3.60. The summed E-state index contributed by atoms with van der Waals surface area (Å²) in [7, 11) is 0. The molecule has 0 aliphatic rings. The molecule has 0 radical (unpaired) electrons. The van der Waals surface area contributed by atoms with Crippen LogP contribution in [-0.4, -0.2) is 24.0 Å². The quantitative estimate of drug-likeness (QED) is 0.505. The molecule has 0 spiro atoms. The Morgan fingerprint density at radius 2 is 1.78 bits per heavy atom. The molecule has 0 rings (SSSR count). The molecule has 0 atom stereocenters. The van der Waals surface area contributed by atoms with E-state index < -0.39 is 0 Å². The van der Waals surface area contributed by atoms with Crippen molar-refractivity contribution in [3.8, 4) is 0 Å². The average molecular weight is 253 g/mol. The summed E-state index contributed by atoms with van der Waals surface area (Å²) in [5.74, 6) is 0.0964. The van der Waals surface area contributed by atoms with Gasteiger partial charge in [0.15, 0.2) is 5.78 Å². The zero-order chi connectivity index (χ0) is 14.0. The highest BCUT2D eigenvalue weighted by Gasteiger charge is 2.07. The molecule has 0 saturated heterocycles. The Bertz CT molecular complexity index is 319. The van der Waals surface area contributed by atoms with E-state index in [4.69, 9.17) is 0 Å². The van der Waals surface area contributed by atoms with E-state index in [-0.39, 0.29) is 36.2 Å². The van der Waals surface area contributed by atoms with Crippen LogP contribution in [0, 0.1) is 5.92 Å². The van der Waals surface area contributed by atoms with Crippen molar-refractivity contribution in [2.45, 2.75) is 46.5 Å². The second kappa shape index (κ2) is 9.57. The van der Waals surface area contributed by atoms with Gasteiger partial charge < -0.3 is 5.32 Å². The van der Waals surface area contributed by atoms with Gasteiger partial charge in [0.1, 0.15) is 5.78 Å². The van der Waals surface area contributed by atoms with E-state index in [1.165, 1.54) is 6.08 Å². The summed E-state index contributed by atoms with van der Waals surface area (Å²) in [6.07, 6.45) is 4.73. The monoisotopic (exact) mass is 253 g/mol. The van der Waals surface area contributed by atoms with Gasteiger partial charge in [0, 0.05) is 31.7 Å². The highest BCUT2D eigenvalue weighted by Crippen LogP contribution is 2.01. The lowest BCUT2D eigenvalue weighted by molar-refractivity contribution is -0.124. The first kappa shape index (κ1) is 16.6. The van der Waals surface area contributed by atoms with Crippen LogP contribution in [0.1, 0.15) is 46.5 Å². The Morgan fingerprint density at radius 1 is 1.11 bits per heavy atom. The van der Waals surface area contributed by atoms with Crippen LogP contribution in [0.5, 0.6) is 0 Å². The second-order valence-electron chi connectivity index (χ2n) is 4.54. The van der Waals surface area contributed by atoms with Crippen molar-refractivity contribution in [3.63, 3.8) is 0 Å². The predicted molar refractivity (Wildman–Crippen MR) is 71.1 cm³/mol. The number of allylic oxidation sites excluding steroid dienone is 2. The van der Waals surface area contributed by atoms with Gasteiger partial charge in [-0.3, -0.25) is 14.4 Å². The van der Waals surface area contributed by atoms with E-state index in [2.05, 4.69) is 5.32 Å². The van der Waals surface area contributed by atoms with E-state index in [1.54, 1.807) is 13.0 Å². The average Bonchev–Trinajstić information content (AvgIpc) is 2.32. The van der Waals surface area contributed by atoms with Gasteiger partial charge in [-0.2, -0.15) is 0 Å². The van der Waals surface area contributed by atoms with E-state index in [0.717, 1.165) is 0 Å². The third kappa shape index (κ3) is 8.67. The fourth-order valence-corrected chi connectivity index (χ4v) is 1.37. The summed E-state index contributed by atoms with van der Waals surface area (Å²) in [6.45, 7) is 6.00. The molecule has 0 heterocycles. The molecule has 0 bridgehead atoms. The third-order valence-corrected chi connectivity index (χ3v) is 2.52. The van der Waals surface area contributed by atoms with Crippen molar-refractivity contribution in [1.82, 2.24) is 5.32 Å². The molecular formula is C14H23NO3. The Kier molecular flexibility index (Phi) is 8.80. The molecule has 18 heavy (non-hydrogen) atoms. The molecule has 0 aromatic rings. The minimum absolute atomic E-state index is 0.0392. The molecule has 0 aliphatic carbocycles. The molecule has 0 aromatic heterocycles. The van der Waals surface area contributed by atoms with Crippen LogP contribution < -0.4 is 5.32 Å².